The monoisotopic (exact) mass is 315 g/mol. The molecule has 6 heteroatoms. The van der Waals surface area contributed by atoms with Crippen molar-refractivity contribution in [3.8, 4) is 0 Å². The number of hydrogen-bond acceptors (Lipinski definition) is 4. The third kappa shape index (κ3) is 3.09. The summed E-state index contributed by atoms with van der Waals surface area (Å²) in [5, 5.41) is 4.22. The highest BCUT2D eigenvalue weighted by Gasteiger charge is 2.30. The first-order chi connectivity index (χ1) is 9.10. The molecule has 2 aromatic rings. The molecule has 100 valence electrons. The molecule has 1 saturated heterocycles. The van der Waals surface area contributed by atoms with Crippen molar-refractivity contribution in [2.24, 2.45) is 0 Å². The molecule has 2 heterocycles. The molecule has 0 unspecified atom stereocenters. The molecule has 0 N–H and O–H groups in total. The van der Waals surface area contributed by atoms with E-state index in [0.717, 1.165) is 16.3 Å². The van der Waals surface area contributed by atoms with Crippen LogP contribution in [0.5, 0.6) is 0 Å². The number of hydrogen-bond donors (Lipinski definition) is 0. The number of rotatable bonds is 3. The van der Waals surface area contributed by atoms with E-state index in [-0.39, 0.29) is 12.6 Å². The summed E-state index contributed by atoms with van der Waals surface area (Å²) in [6.45, 7) is 1.86. The Bertz CT molecular complexity index is 576. The van der Waals surface area contributed by atoms with Crippen LogP contribution in [0.25, 0.3) is 0 Å². The second-order valence-electron chi connectivity index (χ2n) is 4.29. The van der Waals surface area contributed by atoms with Gasteiger partial charge in [0, 0.05) is 21.8 Å². The summed E-state index contributed by atoms with van der Waals surface area (Å²) >= 11 is 13.5. The number of benzene rings is 1. The van der Waals surface area contributed by atoms with Crippen LogP contribution in [0.3, 0.4) is 0 Å². The quantitative estimate of drug-likeness (QED) is 0.839. The lowest BCUT2D eigenvalue weighted by molar-refractivity contribution is -0.383. The van der Waals surface area contributed by atoms with Crippen LogP contribution < -0.4 is 0 Å². The highest BCUT2D eigenvalue weighted by molar-refractivity contribution is 7.09. The first kappa shape index (κ1) is 13.3. The van der Waals surface area contributed by atoms with Gasteiger partial charge in [-0.1, -0.05) is 23.2 Å². The molecule has 3 rings (SSSR count). The Hall–Kier alpha value is -0.650. The molecule has 1 aliphatic rings. The van der Waals surface area contributed by atoms with Crippen LogP contribution in [0.2, 0.25) is 10.0 Å². The smallest absolute Gasteiger partial charge is 0.207 e. The molecule has 1 aliphatic heterocycles. The van der Waals surface area contributed by atoms with Gasteiger partial charge >= 0.3 is 0 Å². The maximum absolute atomic E-state index is 5.98. The molecule has 1 aromatic carbocycles. The minimum atomic E-state index is -0.317. The van der Waals surface area contributed by atoms with Gasteiger partial charge < -0.3 is 9.47 Å². The molecule has 0 atom stereocenters. The van der Waals surface area contributed by atoms with Gasteiger partial charge in [-0.25, -0.2) is 4.98 Å². The van der Waals surface area contributed by atoms with Crippen molar-refractivity contribution >= 4 is 34.5 Å². The van der Waals surface area contributed by atoms with Crippen LogP contribution in [-0.4, -0.2) is 11.3 Å². The third-order valence-electron chi connectivity index (χ3n) is 2.72. The summed E-state index contributed by atoms with van der Waals surface area (Å²) in [5.74, 6) is 0. The lowest BCUT2D eigenvalue weighted by Gasteiger charge is -2.32. The predicted octanol–water partition coefficient (Wildman–Crippen LogP) is 4.43. The lowest BCUT2D eigenvalue weighted by atomic mass is 10.1. The van der Waals surface area contributed by atoms with E-state index in [9.17, 15) is 0 Å². The fourth-order valence-corrected chi connectivity index (χ4v) is 3.30. The first-order valence-electron chi connectivity index (χ1n) is 5.80. The molecule has 3 nitrogen and oxygen atoms in total. The van der Waals surface area contributed by atoms with Gasteiger partial charge in [0.1, 0.15) is 5.69 Å². The van der Waals surface area contributed by atoms with Crippen molar-refractivity contribution < 1.29 is 9.47 Å². The van der Waals surface area contributed by atoms with Gasteiger partial charge in [-0.3, -0.25) is 0 Å². The minimum absolute atomic E-state index is 0.137. The van der Waals surface area contributed by atoms with Crippen LogP contribution in [0, 0.1) is 0 Å². The number of nitrogens with zero attached hydrogens (tertiary/aromatic N) is 1. The zero-order valence-electron chi connectivity index (χ0n) is 10.1. The van der Waals surface area contributed by atoms with Gasteiger partial charge in [0.05, 0.1) is 5.01 Å². The predicted molar refractivity (Wildman–Crippen MR) is 75.8 cm³/mol. The van der Waals surface area contributed by atoms with Crippen molar-refractivity contribution in [1.29, 1.82) is 0 Å². The van der Waals surface area contributed by atoms with Crippen LogP contribution in [0.4, 0.5) is 0 Å². The van der Waals surface area contributed by atoms with Crippen LogP contribution >= 0.6 is 34.5 Å². The van der Waals surface area contributed by atoms with Gasteiger partial charge in [-0.2, -0.15) is 0 Å². The van der Waals surface area contributed by atoms with Gasteiger partial charge in [0.2, 0.25) is 6.29 Å². The summed E-state index contributed by atoms with van der Waals surface area (Å²) < 4.78 is 10.8. The van der Waals surface area contributed by atoms with Gasteiger partial charge in [-0.15, -0.1) is 11.3 Å². The molecule has 0 radical (unpaired) electrons. The molecular weight excluding hydrogens is 305 g/mol. The normalized spacial score (nSPS) is 22.3. The van der Waals surface area contributed by atoms with Crippen molar-refractivity contribution in [3.05, 3.63) is 49.9 Å². The van der Waals surface area contributed by atoms with E-state index in [0.29, 0.717) is 16.5 Å². The van der Waals surface area contributed by atoms with E-state index < -0.39 is 0 Å². The van der Waals surface area contributed by atoms with E-state index >= 15 is 0 Å². The van der Waals surface area contributed by atoms with Crippen molar-refractivity contribution in [2.45, 2.75) is 25.9 Å². The molecule has 1 aromatic heterocycles. The number of thiazole rings is 1. The highest BCUT2D eigenvalue weighted by atomic mass is 35.5. The second-order valence-corrected chi connectivity index (χ2v) is 6.11. The third-order valence-corrected chi connectivity index (χ3v) is 4.02. The molecule has 0 spiro atoms. The molecule has 19 heavy (non-hydrogen) atoms. The Kier molecular flexibility index (Phi) is 3.78. The van der Waals surface area contributed by atoms with E-state index in [4.69, 9.17) is 32.7 Å². The Morgan fingerprint density at radius 1 is 1.21 bits per heavy atom. The Labute approximate surface area is 125 Å². The van der Waals surface area contributed by atoms with E-state index in [1.54, 1.807) is 17.4 Å². The Balaban J connectivity index is 1.73. The largest absolute Gasteiger partial charge is 0.318 e. The number of halogens is 2. The number of aromatic nitrogens is 1. The summed E-state index contributed by atoms with van der Waals surface area (Å²) in [6, 6.07) is 5.51. The average Bonchev–Trinajstić information content (AvgIpc) is 2.71. The molecule has 0 bridgehead atoms. The van der Waals surface area contributed by atoms with E-state index in [1.165, 1.54) is 0 Å². The topological polar surface area (TPSA) is 31.4 Å². The highest BCUT2D eigenvalue weighted by Crippen LogP contribution is 2.32. The fraction of sp³-hybridized carbons (Fsp3) is 0.308. The van der Waals surface area contributed by atoms with Crippen LogP contribution in [0.15, 0.2) is 23.6 Å². The summed E-state index contributed by atoms with van der Waals surface area (Å²) in [5.41, 5.74) is 1.87. The standard InChI is InChI=1S/C13H11Cl2NO2S/c1-7-17-13(18-7)11-6-19-12(16-11)4-8-2-9(14)5-10(15)3-8/h2-3,5-7,13H,4H2,1H3. The Morgan fingerprint density at radius 2 is 1.89 bits per heavy atom. The first-order valence-corrected chi connectivity index (χ1v) is 7.44. The SMILES string of the molecule is CC1OC(c2csc(Cc3cc(Cl)cc(Cl)c3)n2)O1. The van der Waals surface area contributed by atoms with Crippen LogP contribution in [0.1, 0.15) is 29.5 Å². The average molecular weight is 316 g/mol. The zero-order valence-corrected chi connectivity index (χ0v) is 12.4. The number of ether oxygens (including phenoxy) is 2. The van der Waals surface area contributed by atoms with Crippen molar-refractivity contribution in [1.82, 2.24) is 4.98 Å². The van der Waals surface area contributed by atoms with Gasteiger partial charge in [0.15, 0.2) is 6.29 Å². The van der Waals surface area contributed by atoms with E-state index in [2.05, 4.69) is 4.98 Å². The van der Waals surface area contributed by atoms with Crippen LogP contribution in [-0.2, 0) is 15.9 Å². The molecule has 0 saturated carbocycles. The second kappa shape index (κ2) is 5.38. The molecular formula is C13H11Cl2NO2S. The summed E-state index contributed by atoms with van der Waals surface area (Å²) in [6.07, 6.45) is 0.248. The van der Waals surface area contributed by atoms with Crippen molar-refractivity contribution in [3.63, 3.8) is 0 Å². The fourth-order valence-electron chi connectivity index (χ4n) is 1.90. The lowest BCUT2D eigenvalue weighted by Crippen LogP contribution is -2.31. The minimum Gasteiger partial charge on any atom is -0.318 e. The molecule has 0 aliphatic carbocycles. The van der Waals surface area contributed by atoms with Gasteiger partial charge in [0.25, 0.3) is 0 Å². The van der Waals surface area contributed by atoms with E-state index in [1.807, 2.05) is 24.4 Å². The summed E-state index contributed by atoms with van der Waals surface area (Å²) in [7, 11) is 0. The maximum Gasteiger partial charge on any atom is 0.207 e. The maximum atomic E-state index is 5.98. The Morgan fingerprint density at radius 3 is 2.53 bits per heavy atom. The zero-order chi connectivity index (χ0) is 13.4. The molecule has 0 amide bonds. The van der Waals surface area contributed by atoms with Crippen molar-refractivity contribution in [2.75, 3.05) is 0 Å². The summed E-state index contributed by atoms with van der Waals surface area (Å²) in [4.78, 5) is 4.50. The van der Waals surface area contributed by atoms with Gasteiger partial charge in [-0.05, 0) is 30.7 Å². The molecule has 1 fully saturated rings.